The van der Waals surface area contributed by atoms with Crippen molar-refractivity contribution in [1.29, 1.82) is 0 Å². The first-order valence-electron chi connectivity index (χ1n) is 7.35. The Kier molecular flexibility index (Phi) is 2.94. The first-order valence-corrected chi connectivity index (χ1v) is 7.35. The van der Waals surface area contributed by atoms with Gasteiger partial charge in [-0.25, -0.2) is 9.38 Å². The molecule has 0 aliphatic heterocycles. The van der Waals surface area contributed by atoms with Crippen LogP contribution in [0, 0.1) is 6.92 Å². The van der Waals surface area contributed by atoms with Crippen LogP contribution in [0.2, 0.25) is 0 Å². The molecule has 4 aromatic rings. The lowest BCUT2D eigenvalue weighted by molar-refractivity contribution is 0.580. The molecule has 23 heavy (non-hydrogen) atoms. The number of fused-ring (bicyclic) bond motifs is 1. The fraction of sp³-hybridized carbons (Fsp3) is 0.111. The number of nitrogens with zero attached hydrogens (tertiary/aromatic N) is 3. The highest BCUT2D eigenvalue weighted by Gasteiger charge is 2.20. The van der Waals surface area contributed by atoms with Gasteiger partial charge in [0.15, 0.2) is 5.76 Å². The number of hydrogen-bond donors (Lipinski definition) is 0. The second kappa shape index (κ2) is 4.98. The van der Waals surface area contributed by atoms with Gasteiger partial charge in [0.05, 0.1) is 12.0 Å². The summed E-state index contributed by atoms with van der Waals surface area (Å²) >= 11 is 0. The molecule has 4 rings (SSSR count). The highest BCUT2D eigenvalue weighted by atomic mass is 16.3. The molecular formula is C18H15N3O2. The molecule has 0 fully saturated rings. The summed E-state index contributed by atoms with van der Waals surface area (Å²) < 4.78 is 9.08. The number of benzene rings is 1. The number of aromatic nitrogens is 3. The SMILES string of the molecule is Cc1cc(=O)n2c(-c3ccccc3)c(-c3ccco3)nc2n1C. The Morgan fingerprint density at radius 2 is 1.87 bits per heavy atom. The molecule has 0 spiro atoms. The summed E-state index contributed by atoms with van der Waals surface area (Å²) in [5, 5.41) is 0. The molecule has 0 radical (unpaired) electrons. The van der Waals surface area contributed by atoms with Gasteiger partial charge in [0, 0.05) is 24.4 Å². The van der Waals surface area contributed by atoms with Crippen molar-refractivity contribution >= 4 is 5.78 Å². The minimum absolute atomic E-state index is 0.0974. The molecule has 1 aromatic carbocycles. The Labute approximate surface area is 132 Å². The second-order valence-corrected chi connectivity index (χ2v) is 5.47. The lowest BCUT2D eigenvalue weighted by Gasteiger charge is -2.07. The maximum absolute atomic E-state index is 12.6. The molecule has 0 N–H and O–H groups in total. The van der Waals surface area contributed by atoms with E-state index in [9.17, 15) is 4.79 Å². The zero-order valence-corrected chi connectivity index (χ0v) is 12.9. The summed E-state index contributed by atoms with van der Waals surface area (Å²) in [4.78, 5) is 17.3. The molecule has 3 aromatic heterocycles. The zero-order chi connectivity index (χ0) is 16.0. The van der Waals surface area contributed by atoms with Crippen molar-refractivity contribution in [3.8, 4) is 22.7 Å². The Hall–Kier alpha value is -3.08. The van der Waals surface area contributed by atoms with Gasteiger partial charge in [-0.05, 0) is 19.1 Å². The number of rotatable bonds is 2. The monoisotopic (exact) mass is 305 g/mol. The smallest absolute Gasteiger partial charge is 0.259 e. The van der Waals surface area contributed by atoms with Crippen LogP contribution in [0.4, 0.5) is 0 Å². The molecule has 0 unspecified atom stereocenters. The molecule has 0 saturated carbocycles. The normalized spacial score (nSPS) is 11.2. The molecule has 0 amide bonds. The average molecular weight is 305 g/mol. The number of imidazole rings is 1. The summed E-state index contributed by atoms with van der Waals surface area (Å²) in [6.07, 6.45) is 1.61. The van der Waals surface area contributed by atoms with Crippen LogP contribution in [0.3, 0.4) is 0 Å². The Morgan fingerprint density at radius 1 is 1.09 bits per heavy atom. The molecular weight excluding hydrogens is 290 g/mol. The molecule has 0 bridgehead atoms. The summed E-state index contributed by atoms with van der Waals surface area (Å²) in [6.45, 7) is 1.89. The van der Waals surface area contributed by atoms with Crippen LogP contribution < -0.4 is 5.56 Å². The van der Waals surface area contributed by atoms with Crippen LogP contribution in [-0.4, -0.2) is 14.0 Å². The highest BCUT2D eigenvalue weighted by molar-refractivity contribution is 5.79. The van der Waals surface area contributed by atoms with Crippen molar-refractivity contribution in [1.82, 2.24) is 14.0 Å². The van der Waals surface area contributed by atoms with Gasteiger partial charge in [-0.15, -0.1) is 0 Å². The minimum atomic E-state index is -0.0974. The van der Waals surface area contributed by atoms with Crippen LogP contribution in [-0.2, 0) is 7.05 Å². The average Bonchev–Trinajstić information content (AvgIpc) is 3.21. The van der Waals surface area contributed by atoms with Crippen LogP contribution in [0.25, 0.3) is 28.5 Å². The molecule has 0 aliphatic rings. The van der Waals surface area contributed by atoms with E-state index in [2.05, 4.69) is 4.98 Å². The van der Waals surface area contributed by atoms with Gasteiger partial charge in [0.25, 0.3) is 5.56 Å². The first kappa shape index (κ1) is 13.6. The van der Waals surface area contributed by atoms with Gasteiger partial charge in [-0.2, -0.15) is 0 Å². The Bertz CT molecular complexity index is 1040. The predicted octanol–water partition coefficient (Wildman–Crippen LogP) is 3.27. The van der Waals surface area contributed by atoms with E-state index in [-0.39, 0.29) is 5.56 Å². The molecule has 3 heterocycles. The predicted molar refractivity (Wildman–Crippen MR) is 88.3 cm³/mol. The molecule has 0 aliphatic carbocycles. The minimum Gasteiger partial charge on any atom is -0.463 e. The van der Waals surface area contributed by atoms with Gasteiger partial charge in [-0.3, -0.25) is 4.79 Å². The Balaban J connectivity index is 2.19. The van der Waals surface area contributed by atoms with E-state index in [0.29, 0.717) is 17.2 Å². The van der Waals surface area contributed by atoms with E-state index in [1.165, 1.54) is 0 Å². The maximum Gasteiger partial charge on any atom is 0.259 e. The maximum atomic E-state index is 12.6. The first-order chi connectivity index (χ1) is 11.2. The fourth-order valence-corrected chi connectivity index (χ4v) is 2.79. The summed E-state index contributed by atoms with van der Waals surface area (Å²) in [7, 11) is 1.90. The third-order valence-electron chi connectivity index (χ3n) is 4.04. The van der Waals surface area contributed by atoms with E-state index in [4.69, 9.17) is 4.42 Å². The highest BCUT2D eigenvalue weighted by Crippen LogP contribution is 2.32. The summed E-state index contributed by atoms with van der Waals surface area (Å²) in [5.41, 5.74) is 3.10. The van der Waals surface area contributed by atoms with Gasteiger partial charge in [0.1, 0.15) is 5.69 Å². The lowest BCUT2D eigenvalue weighted by atomic mass is 10.1. The van der Waals surface area contributed by atoms with Gasteiger partial charge >= 0.3 is 0 Å². The van der Waals surface area contributed by atoms with E-state index in [0.717, 1.165) is 17.0 Å². The zero-order valence-electron chi connectivity index (χ0n) is 12.9. The lowest BCUT2D eigenvalue weighted by Crippen LogP contribution is -2.18. The molecule has 0 saturated heterocycles. The fourth-order valence-electron chi connectivity index (χ4n) is 2.79. The summed E-state index contributed by atoms with van der Waals surface area (Å²) in [5.74, 6) is 1.24. The van der Waals surface area contributed by atoms with Gasteiger partial charge in [-0.1, -0.05) is 30.3 Å². The van der Waals surface area contributed by atoms with Crippen molar-refractivity contribution in [3.05, 3.63) is 70.8 Å². The van der Waals surface area contributed by atoms with Crippen molar-refractivity contribution in [2.24, 2.45) is 7.05 Å². The largest absolute Gasteiger partial charge is 0.463 e. The third-order valence-corrected chi connectivity index (χ3v) is 4.04. The van der Waals surface area contributed by atoms with Crippen LogP contribution >= 0.6 is 0 Å². The van der Waals surface area contributed by atoms with E-state index >= 15 is 0 Å². The number of hydrogen-bond acceptors (Lipinski definition) is 3. The van der Waals surface area contributed by atoms with Crippen LogP contribution in [0.5, 0.6) is 0 Å². The van der Waals surface area contributed by atoms with Crippen molar-refractivity contribution in [2.75, 3.05) is 0 Å². The van der Waals surface area contributed by atoms with E-state index < -0.39 is 0 Å². The number of aryl methyl sites for hydroxylation is 2. The standard InChI is InChI=1S/C18H15N3O2/c1-12-11-15(22)21-17(13-7-4-3-5-8-13)16(14-9-6-10-23-14)19-18(21)20(12)2/h3-11H,1-2H3. The third kappa shape index (κ3) is 2.01. The van der Waals surface area contributed by atoms with Crippen molar-refractivity contribution < 1.29 is 4.42 Å². The quantitative estimate of drug-likeness (QED) is 0.571. The van der Waals surface area contributed by atoms with Crippen molar-refractivity contribution in [3.63, 3.8) is 0 Å². The van der Waals surface area contributed by atoms with Crippen LogP contribution in [0.15, 0.2) is 64.0 Å². The topological polar surface area (TPSA) is 52.4 Å². The summed E-state index contributed by atoms with van der Waals surface area (Å²) in [6, 6.07) is 15.1. The Morgan fingerprint density at radius 3 is 2.57 bits per heavy atom. The van der Waals surface area contributed by atoms with Crippen molar-refractivity contribution in [2.45, 2.75) is 6.92 Å². The number of furan rings is 1. The van der Waals surface area contributed by atoms with Gasteiger partial charge < -0.3 is 8.98 Å². The van der Waals surface area contributed by atoms with E-state index in [1.54, 1.807) is 16.7 Å². The molecule has 5 heteroatoms. The van der Waals surface area contributed by atoms with E-state index in [1.807, 2.05) is 61.0 Å². The van der Waals surface area contributed by atoms with Gasteiger partial charge in [0.2, 0.25) is 5.78 Å². The van der Waals surface area contributed by atoms with Crippen LogP contribution in [0.1, 0.15) is 5.69 Å². The molecule has 114 valence electrons. The molecule has 0 atom stereocenters. The second-order valence-electron chi connectivity index (χ2n) is 5.47. The molecule has 5 nitrogen and oxygen atoms in total.